The number of aryl methyl sites for hydroxylation is 1. The molecule has 0 saturated heterocycles. The van der Waals surface area contributed by atoms with Crippen molar-refractivity contribution in [2.24, 2.45) is 0 Å². The molecule has 0 amide bonds. The van der Waals surface area contributed by atoms with Gasteiger partial charge in [0.25, 0.3) is 0 Å². The molecule has 0 aliphatic carbocycles. The molecule has 0 radical (unpaired) electrons. The number of aldehydes is 1. The van der Waals surface area contributed by atoms with Crippen LogP contribution in [-0.2, 0) is 4.79 Å². The highest BCUT2D eigenvalue weighted by atomic mass is 16.5. The molecular formula is C28H34N8O2. The monoisotopic (exact) mass is 514 g/mol. The Bertz CT molecular complexity index is 1420. The number of rotatable bonds is 12. The molecule has 0 fully saturated rings. The zero-order valence-electron chi connectivity index (χ0n) is 22.5. The van der Waals surface area contributed by atoms with Gasteiger partial charge in [0.2, 0.25) is 5.95 Å². The van der Waals surface area contributed by atoms with Crippen LogP contribution in [0.15, 0.2) is 61.6 Å². The van der Waals surface area contributed by atoms with Crippen LogP contribution in [0.2, 0.25) is 0 Å². The summed E-state index contributed by atoms with van der Waals surface area (Å²) >= 11 is 0. The normalized spacial score (nSPS) is 11.8. The molecule has 2 N–H and O–H groups in total. The van der Waals surface area contributed by atoms with E-state index in [2.05, 4.69) is 37.0 Å². The molecule has 0 aliphatic rings. The molecule has 1 unspecified atom stereocenters. The zero-order valence-corrected chi connectivity index (χ0v) is 22.5. The molecular weight excluding hydrogens is 480 g/mol. The fourth-order valence-electron chi connectivity index (χ4n) is 4.09. The quantitative estimate of drug-likeness (QED) is 0.214. The van der Waals surface area contributed by atoms with Crippen molar-refractivity contribution in [3.05, 3.63) is 67.3 Å². The van der Waals surface area contributed by atoms with E-state index in [1.54, 1.807) is 25.7 Å². The Hall–Kier alpha value is -4.44. The minimum atomic E-state index is -0.547. The second-order valence-corrected chi connectivity index (χ2v) is 9.24. The summed E-state index contributed by atoms with van der Waals surface area (Å²) in [6.45, 7) is 7.44. The first-order chi connectivity index (χ1) is 18.3. The molecule has 0 bridgehead atoms. The largest absolute Gasteiger partial charge is 0.494 e. The third kappa shape index (κ3) is 5.76. The van der Waals surface area contributed by atoms with Crippen LogP contribution in [0.1, 0.15) is 5.69 Å². The van der Waals surface area contributed by atoms with Crippen molar-refractivity contribution < 1.29 is 9.53 Å². The number of methoxy groups -OCH3 is 1. The van der Waals surface area contributed by atoms with Gasteiger partial charge < -0.3 is 34.4 Å². The van der Waals surface area contributed by atoms with E-state index >= 15 is 0 Å². The van der Waals surface area contributed by atoms with Gasteiger partial charge in [-0.1, -0.05) is 12.1 Å². The van der Waals surface area contributed by atoms with Crippen LogP contribution in [-0.4, -0.2) is 77.9 Å². The summed E-state index contributed by atoms with van der Waals surface area (Å²) in [4.78, 5) is 29.6. The Labute approximate surface area is 223 Å². The van der Waals surface area contributed by atoms with Gasteiger partial charge in [-0.3, -0.25) is 0 Å². The lowest BCUT2D eigenvalue weighted by atomic mass is 10.1. The molecule has 0 aliphatic heterocycles. The van der Waals surface area contributed by atoms with Crippen molar-refractivity contribution >= 4 is 34.8 Å². The van der Waals surface area contributed by atoms with E-state index in [0.29, 0.717) is 23.1 Å². The average Bonchev–Trinajstić information content (AvgIpc) is 3.36. The third-order valence-electron chi connectivity index (χ3n) is 6.26. The Morgan fingerprint density at radius 3 is 2.66 bits per heavy atom. The molecule has 4 aromatic rings. The van der Waals surface area contributed by atoms with Crippen LogP contribution in [0.25, 0.3) is 16.9 Å². The van der Waals surface area contributed by atoms with Crippen LogP contribution in [0, 0.1) is 6.92 Å². The number of hydrogen-bond donors (Lipinski definition) is 2. The number of hydrogen-bond acceptors (Lipinski definition) is 9. The lowest BCUT2D eigenvalue weighted by Crippen LogP contribution is -2.29. The molecule has 1 aromatic carbocycles. The number of fused-ring (bicyclic) bond motifs is 1. The third-order valence-corrected chi connectivity index (χ3v) is 6.26. The van der Waals surface area contributed by atoms with Crippen molar-refractivity contribution in [1.29, 1.82) is 0 Å². The van der Waals surface area contributed by atoms with Crippen molar-refractivity contribution in [3.8, 4) is 17.1 Å². The maximum absolute atomic E-state index is 11.6. The molecule has 4 rings (SSSR count). The number of imidazole rings is 1. The van der Waals surface area contributed by atoms with Crippen LogP contribution < -0.4 is 20.3 Å². The van der Waals surface area contributed by atoms with Gasteiger partial charge in [0.05, 0.1) is 35.4 Å². The molecule has 0 spiro atoms. The molecule has 1 atom stereocenters. The summed E-state index contributed by atoms with van der Waals surface area (Å²) in [6, 6.07) is 11.2. The Morgan fingerprint density at radius 1 is 1.13 bits per heavy atom. The van der Waals surface area contributed by atoms with Crippen LogP contribution in [0.3, 0.4) is 0 Å². The molecule has 198 valence electrons. The van der Waals surface area contributed by atoms with E-state index in [1.165, 1.54) is 0 Å². The molecule has 3 heterocycles. The minimum Gasteiger partial charge on any atom is -0.494 e. The predicted octanol–water partition coefficient (Wildman–Crippen LogP) is 4.02. The van der Waals surface area contributed by atoms with E-state index in [1.807, 2.05) is 68.9 Å². The van der Waals surface area contributed by atoms with Crippen molar-refractivity contribution in [3.63, 3.8) is 0 Å². The van der Waals surface area contributed by atoms with Gasteiger partial charge in [0.15, 0.2) is 0 Å². The van der Waals surface area contributed by atoms with E-state index < -0.39 is 6.04 Å². The molecule has 3 aromatic heterocycles. The van der Waals surface area contributed by atoms with Gasteiger partial charge in [0, 0.05) is 38.1 Å². The number of nitrogens with one attached hydrogen (secondary N) is 2. The Kier molecular flexibility index (Phi) is 8.22. The highest BCUT2D eigenvalue weighted by Crippen LogP contribution is 2.38. The number of nitrogens with zero attached hydrogens (tertiary/aromatic N) is 6. The fraction of sp³-hybridized carbons (Fsp3) is 0.286. The maximum atomic E-state index is 11.6. The summed E-state index contributed by atoms with van der Waals surface area (Å²) < 4.78 is 7.76. The van der Waals surface area contributed by atoms with Crippen molar-refractivity contribution in [1.82, 2.24) is 24.3 Å². The van der Waals surface area contributed by atoms with Crippen LogP contribution >= 0.6 is 0 Å². The second kappa shape index (κ2) is 11.7. The van der Waals surface area contributed by atoms with E-state index in [-0.39, 0.29) is 0 Å². The topological polar surface area (TPSA) is 99.9 Å². The average molecular weight is 515 g/mol. The first-order valence-electron chi connectivity index (χ1n) is 12.3. The van der Waals surface area contributed by atoms with E-state index in [0.717, 1.165) is 47.7 Å². The van der Waals surface area contributed by atoms with Gasteiger partial charge in [-0.05, 0) is 45.3 Å². The molecule has 0 saturated carbocycles. The number of benzene rings is 1. The number of anilines is 4. The number of carbonyl (C=O) groups excluding carboxylic acids is 1. The van der Waals surface area contributed by atoms with Gasteiger partial charge in [-0.15, -0.1) is 6.58 Å². The number of pyridine rings is 1. The number of carbonyl (C=O) groups is 1. The summed E-state index contributed by atoms with van der Waals surface area (Å²) in [5, 5.41) is 6.55. The highest BCUT2D eigenvalue weighted by Gasteiger charge is 2.18. The fourth-order valence-corrected chi connectivity index (χ4v) is 4.09. The van der Waals surface area contributed by atoms with Gasteiger partial charge >= 0.3 is 0 Å². The van der Waals surface area contributed by atoms with Crippen molar-refractivity contribution in [2.45, 2.75) is 13.0 Å². The first kappa shape index (κ1) is 26.6. The zero-order chi connectivity index (χ0) is 27.2. The van der Waals surface area contributed by atoms with E-state index in [9.17, 15) is 4.79 Å². The van der Waals surface area contributed by atoms with Crippen molar-refractivity contribution in [2.75, 3.05) is 56.9 Å². The molecule has 10 heteroatoms. The van der Waals surface area contributed by atoms with Gasteiger partial charge in [-0.25, -0.2) is 15.0 Å². The number of ether oxygens (including phenoxy) is 1. The second-order valence-electron chi connectivity index (χ2n) is 9.24. The maximum Gasteiger partial charge on any atom is 0.227 e. The standard InChI is InChI=1S/C28H34N8O2/c1-7-20(17-37)31-22-15-23(26(38-6)16-25(22)35(5)14-13-34(3)4)33-28-29-12-11-21(32-28)27-24-10-8-9-19(2)36(24)18-30-27/h7-12,15-18,20,31H,1,13-14H2,2-6H3,(H,29,32,33). The van der Waals surface area contributed by atoms with E-state index in [4.69, 9.17) is 9.72 Å². The number of likely N-dealkylation sites (N-methyl/N-ethyl adjacent to an activating group) is 2. The SMILES string of the molecule is C=CC(C=O)Nc1cc(Nc2nccc(-c3ncn4c(C)cccc34)n2)c(OC)cc1N(C)CCN(C)C. The summed E-state index contributed by atoms with van der Waals surface area (Å²) in [5.74, 6) is 1.01. The lowest BCUT2D eigenvalue weighted by molar-refractivity contribution is -0.107. The highest BCUT2D eigenvalue weighted by molar-refractivity contribution is 5.83. The molecule has 38 heavy (non-hydrogen) atoms. The lowest BCUT2D eigenvalue weighted by Gasteiger charge is -2.27. The smallest absolute Gasteiger partial charge is 0.227 e. The summed E-state index contributed by atoms with van der Waals surface area (Å²) in [6.07, 6.45) is 5.88. The van der Waals surface area contributed by atoms with Crippen LogP contribution in [0.4, 0.5) is 23.0 Å². The van der Waals surface area contributed by atoms with Gasteiger partial charge in [-0.2, -0.15) is 0 Å². The predicted molar refractivity (Wildman–Crippen MR) is 153 cm³/mol. The molecule has 10 nitrogen and oxygen atoms in total. The van der Waals surface area contributed by atoms with Crippen LogP contribution in [0.5, 0.6) is 5.75 Å². The van der Waals surface area contributed by atoms with Gasteiger partial charge in [0.1, 0.15) is 30.1 Å². The first-order valence-corrected chi connectivity index (χ1v) is 12.3. The summed E-state index contributed by atoms with van der Waals surface area (Å²) in [5.41, 5.74) is 5.80. The summed E-state index contributed by atoms with van der Waals surface area (Å²) in [7, 11) is 7.68. The number of aromatic nitrogens is 4. The Balaban J connectivity index is 1.71. The minimum absolute atomic E-state index is 0.393. The Morgan fingerprint density at radius 2 is 1.95 bits per heavy atom.